The summed E-state index contributed by atoms with van der Waals surface area (Å²) in [6.45, 7) is 0. The summed E-state index contributed by atoms with van der Waals surface area (Å²) in [6, 6.07) is 0. The smallest absolute Gasteiger partial charge is 0.297 e. The van der Waals surface area contributed by atoms with Crippen molar-refractivity contribution in [2.24, 2.45) is 5.92 Å². The highest BCUT2D eigenvalue weighted by Gasteiger charge is 2.31. The fourth-order valence-electron chi connectivity index (χ4n) is 2.00. The zero-order valence-electron chi connectivity index (χ0n) is 7.77. The maximum absolute atomic E-state index is 12.7. The molecular weight excluding hydrogens is 174 g/mol. The number of rotatable bonds is 3. The molecule has 0 saturated heterocycles. The molecule has 0 unspecified atom stereocenters. The van der Waals surface area contributed by atoms with Gasteiger partial charge >= 0.3 is 5.92 Å². The van der Waals surface area contributed by atoms with E-state index in [1.165, 1.54) is 0 Å². The van der Waals surface area contributed by atoms with E-state index >= 15 is 0 Å². The molecule has 1 rings (SSSR count). The lowest BCUT2D eigenvalue weighted by Gasteiger charge is -2.17. The molecule has 0 N–H and O–H groups in total. The van der Waals surface area contributed by atoms with Gasteiger partial charge in [-0.25, -0.2) is 0 Å². The summed E-state index contributed by atoms with van der Waals surface area (Å²) in [5, 5.41) is 0. The maximum atomic E-state index is 12.7. The predicted octanol–water partition coefficient (Wildman–Crippen LogP) is 3.18. The maximum Gasteiger partial charge on any atom is 0.302 e. The van der Waals surface area contributed by atoms with Gasteiger partial charge in [-0.2, -0.15) is 8.78 Å². The first-order valence-electron chi connectivity index (χ1n) is 4.98. The minimum Gasteiger partial charge on any atom is -0.297 e. The molecule has 0 radical (unpaired) electrons. The zero-order chi connectivity index (χ0) is 9.73. The van der Waals surface area contributed by atoms with E-state index in [-0.39, 0.29) is 18.6 Å². The monoisotopic (exact) mass is 190 g/mol. The van der Waals surface area contributed by atoms with Crippen LogP contribution in [0.15, 0.2) is 0 Å². The molecule has 0 aromatic rings. The Labute approximate surface area is 77.5 Å². The minimum absolute atomic E-state index is 0.0581. The highest BCUT2D eigenvalue weighted by molar-refractivity contribution is 5.59. The van der Waals surface area contributed by atoms with Crippen molar-refractivity contribution >= 4 is 6.29 Å². The number of alkyl halides is 2. The number of carbonyl (C=O) groups is 1. The van der Waals surface area contributed by atoms with Crippen molar-refractivity contribution in [2.75, 3.05) is 0 Å². The van der Waals surface area contributed by atoms with Crippen molar-refractivity contribution in [1.29, 1.82) is 0 Å². The molecule has 1 fully saturated rings. The largest absolute Gasteiger partial charge is 0.302 e. The van der Waals surface area contributed by atoms with Crippen LogP contribution in [0.25, 0.3) is 0 Å². The van der Waals surface area contributed by atoms with Gasteiger partial charge in [-0.05, 0) is 5.92 Å². The lowest BCUT2D eigenvalue weighted by molar-refractivity contribution is -0.131. The molecule has 1 nitrogen and oxygen atoms in total. The number of hydrogen-bond donors (Lipinski definition) is 0. The van der Waals surface area contributed by atoms with Crippen molar-refractivity contribution in [3.63, 3.8) is 0 Å². The Morgan fingerprint density at radius 1 is 1.15 bits per heavy atom. The zero-order valence-corrected chi connectivity index (χ0v) is 7.77. The third kappa shape index (κ3) is 3.83. The molecule has 0 bridgehead atoms. The van der Waals surface area contributed by atoms with Crippen LogP contribution in [0.2, 0.25) is 0 Å². The van der Waals surface area contributed by atoms with Crippen LogP contribution >= 0.6 is 0 Å². The molecule has 3 heteroatoms. The van der Waals surface area contributed by atoms with E-state index in [0.717, 1.165) is 38.5 Å². The van der Waals surface area contributed by atoms with E-state index < -0.39 is 5.92 Å². The van der Waals surface area contributed by atoms with Gasteiger partial charge < -0.3 is 0 Å². The summed E-state index contributed by atoms with van der Waals surface area (Å²) in [5.74, 6) is -3.03. The Bertz CT molecular complexity index is 160. The molecule has 0 amide bonds. The van der Waals surface area contributed by atoms with Gasteiger partial charge in [-0.15, -0.1) is 0 Å². The molecule has 1 aliphatic carbocycles. The lowest BCUT2D eigenvalue weighted by atomic mass is 9.94. The Morgan fingerprint density at radius 3 is 2.15 bits per heavy atom. The molecule has 13 heavy (non-hydrogen) atoms. The molecular formula is C10H16F2O. The van der Waals surface area contributed by atoms with Gasteiger partial charge in [0.2, 0.25) is 0 Å². The Balaban J connectivity index is 2.37. The summed E-state index contributed by atoms with van der Waals surface area (Å²) in [4.78, 5) is 10.0. The molecule has 0 aromatic heterocycles. The summed E-state index contributed by atoms with van der Waals surface area (Å²) in [7, 11) is 0. The molecule has 0 aliphatic heterocycles. The number of hydrogen-bond acceptors (Lipinski definition) is 1. The van der Waals surface area contributed by atoms with E-state index in [9.17, 15) is 13.6 Å². The van der Waals surface area contributed by atoms with Crippen LogP contribution in [-0.4, -0.2) is 12.2 Å². The number of carbonyl (C=O) groups excluding carboxylic acids is 1. The van der Waals surface area contributed by atoms with Crippen molar-refractivity contribution in [1.82, 2.24) is 0 Å². The summed E-state index contributed by atoms with van der Waals surface area (Å²) in [5.41, 5.74) is 0. The van der Waals surface area contributed by atoms with Crippen molar-refractivity contribution in [3.8, 4) is 0 Å². The third-order valence-corrected chi connectivity index (χ3v) is 2.71. The predicted molar refractivity (Wildman–Crippen MR) is 46.8 cm³/mol. The van der Waals surface area contributed by atoms with Crippen LogP contribution in [0.3, 0.4) is 0 Å². The second-order valence-electron chi connectivity index (χ2n) is 3.94. The first-order valence-corrected chi connectivity index (χ1v) is 4.98. The van der Waals surface area contributed by atoms with Crippen molar-refractivity contribution in [2.45, 2.75) is 50.9 Å². The van der Waals surface area contributed by atoms with Gasteiger partial charge in [0.15, 0.2) is 6.29 Å². The van der Waals surface area contributed by atoms with Gasteiger partial charge in [-0.1, -0.05) is 38.5 Å². The van der Waals surface area contributed by atoms with Crippen LogP contribution in [0.1, 0.15) is 44.9 Å². The highest BCUT2D eigenvalue weighted by atomic mass is 19.3. The van der Waals surface area contributed by atoms with Crippen molar-refractivity contribution < 1.29 is 13.6 Å². The molecule has 1 aliphatic rings. The van der Waals surface area contributed by atoms with Gasteiger partial charge in [0.25, 0.3) is 0 Å². The van der Waals surface area contributed by atoms with Crippen LogP contribution in [0.5, 0.6) is 0 Å². The standard InChI is InChI=1S/C10H16F2O/c11-10(12,8-13)7-9-5-3-1-2-4-6-9/h8-9H,1-7H2. The average molecular weight is 190 g/mol. The molecule has 0 atom stereocenters. The Hall–Kier alpha value is -0.470. The normalized spacial score (nSPS) is 21.1. The second-order valence-corrected chi connectivity index (χ2v) is 3.94. The van der Waals surface area contributed by atoms with E-state index in [1.807, 2.05) is 0 Å². The molecule has 0 aromatic carbocycles. The number of aldehydes is 1. The summed E-state index contributed by atoms with van der Waals surface area (Å²) < 4.78 is 25.4. The fraction of sp³-hybridized carbons (Fsp3) is 0.900. The van der Waals surface area contributed by atoms with Crippen LogP contribution in [0.4, 0.5) is 8.78 Å². The Kier molecular flexibility index (Phi) is 3.82. The van der Waals surface area contributed by atoms with Gasteiger partial charge in [0.05, 0.1) is 0 Å². The third-order valence-electron chi connectivity index (χ3n) is 2.71. The van der Waals surface area contributed by atoms with Gasteiger partial charge in [0.1, 0.15) is 0 Å². The quantitative estimate of drug-likeness (QED) is 0.493. The highest BCUT2D eigenvalue weighted by Crippen LogP contribution is 2.31. The van der Waals surface area contributed by atoms with Gasteiger partial charge in [-0.3, -0.25) is 4.79 Å². The number of halogens is 2. The topological polar surface area (TPSA) is 17.1 Å². The lowest BCUT2D eigenvalue weighted by Crippen LogP contribution is -2.22. The van der Waals surface area contributed by atoms with E-state index in [0.29, 0.717) is 0 Å². The van der Waals surface area contributed by atoms with E-state index in [4.69, 9.17) is 0 Å². The molecule has 1 saturated carbocycles. The molecule has 0 heterocycles. The first-order chi connectivity index (χ1) is 6.14. The van der Waals surface area contributed by atoms with Gasteiger partial charge in [0, 0.05) is 6.42 Å². The first kappa shape index (κ1) is 10.6. The Morgan fingerprint density at radius 2 is 1.69 bits per heavy atom. The van der Waals surface area contributed by atoms with E-state index in [1.54, 1.807) is 0 Å². The van der Waals surface area contributed by atoms with E-state index in [2.05, 4.69) is 0 Å². The summed E-state index contributed by atoms with van der Waals surface area (Å²) in [6.07, 6.45) is 5.67. The fourth-order valence-corrected chi connectivity index (χ4v) is 2.00. The van der Waals surface area contributed by atoms with Crippen LogP contribution < -0.4 is 0 Å². The van der Waals surface area contributed by atoms with Crippen LogP contribution in [-0.2, 0) is 4.79 Å². The molecule has 0 spiro atoms. The average Bonchev–Trinajstić information content (AvgIpc) is 2.32. The molecule has 76 valence electrons. The second kappa shape index (κ2) is 4.68. The van der Waals surface area contributed by atoms with Crippen molar-refractivity contribution in [3.05, 3.63) is 0 Å². The minimum atomic E-state index is -3.09. The summed E-state index contributed by atoms with van der Waals surface area (Å²) >= 11 is 0. The van der Waals surface area contributed by atoms with Crippen LogP contribution in [0, 0.1) is 5.92 Å². The SMILES string of the molecule is O=CC(F)(F)CC1CCCCCC1.